The zero-order chi connectivity index (χ0) is 14.5. The lowest BCUT2D eigenvalue weighted by molar-refractivity contribution is 0.0695. The minimum Gasteiger partial charge on any atom is -0.478 e. The van der Waals surface area contributed by atoms with E-state index in [0.29, 0.717) is 23.2 Å². The number of carboxylic acid groups (broad SMARTS) is 1. The molecule has 0 fully saturated rings. The van der Waals surface area contributed by atoms with Crippen LogP contribution in [0.25, 0.3) is 0 Å². The van der Waals surface area contributed by atoms with Crippen LogP contribution in [-0.4, -0.2) is 17.0 Å². The molecule has 102 valence electrons. The average molecular weight is 269 g/mol. The predicted molar refractivity (Wildman–Crippen MR) is 77.2 cm³/mol. The molecule has 2 aromatic carbocycles. The standard InChI is InChI=1S/C16H15NO3/c1-2-11-10-13(8-9-14(11)16(19)20)17-15(18)12-6-4-3-5-7-12/h3-10H,2H2,1H3,(H,17,18)(H,19,20). The molecule has 0 atom stereocenters. The fraction of sp³-hybridized carbons (Fsp3) is 0.125. The van der Waals surface area contributed by atoms with Crippen molar-refractivity contribution in [3.63, 3.8) is 0 Å². The second kappa shape index (κ2) is 6.02. The van der Waals surface area contributed by atoms with Gasteiger partial charge in [-0.05, 0) is 42.3 Å². The molecule has 4 nitrogen and oxygen atoms in total. The molecule has 1 amide bonds. The molecule has 2 N–H and O–H groups in total. The molecule has 2 aromatic rings. The van der Waals surface area contributed by atoms with Gasteiger partial charge in [-0.3, -0.25) is 4.79 Å². The highest BCUT2D eigenvalue weighted by molar-refractivity contribution is 6.04. The van der Waals surface area contributed by atoms with Crippen LogP contribution in [0.5, 0.6) is 0 Å². The Labute approximate surface area is 117 Å². The van der Waals surface area contributed by atoms with E-state index in [1.807, 2.05) is 13.0 Å². The van der Waals surface area contributed by atoms with Crippen molar-refractivity contribution in [1.82, 2.24) is 0 Å². The lowest BCUT2D eigenvalue weighted by atomic mass is 10.0. The monoisotopic (exact) mass is 269 g/mol. The number of nitrogens with one attached hydrogen (secondary N) is 1. The Balaban J connectivity index is 2.22. The number of carboxylic acids is 1. The molecule has 0 radical (unpaired) electrons. The molecule has 0 aliphatic carbocycles. The highest BCUT2D eigenvalue weighted by Crippen LogP contribution is 2.17. The van der Waals surface area contributed by atoms with Crippen LogP contribution in [0.4, 0.5) is 5.69 Å². The van der Waals surface area contributed by atoms with Gasteiger partial charge in [0.2, 0.25) is 0 Å². The Morgan fingerprint density at radius 3 is 2.40 bits per heavy atom. The van der Waals surface area contributed by atoms with E-state index in [2.05, 4.69) is 5.32 Å². The van der Waals surface area contributed by atoms with Gasteiger partial charge in [0.1, 0.15) is 0 Å². The zero-order valence-corrected chi connectivity index (χ0v) is 11.1. The Hall–Kier alpha value is -2.62. The molecule has 0 heterocycles. The summed E-state index contributed by atoms with van der Waals surface area (Å²) in [7, 11) is 0. The molecule has 20 heavy (non-hydrogen) atoms. The Bertz CT molecular complexity index is 635. The van der Waals surface area contributed by atoms with Crippen molar-refractivity contribution in [2.75, 3.05) is 5.32 Å². The second-order valence-corrected chi connectivity index (χ2v) is 4.35. The number of amides is 1. The molecular weight excluding hydrogens is 254 g/mol. The molecule has 0 saturated heterocycles. The van der Waals surface area contributed by atoms with Gasteiger partial charge < -0.3 is 10.4 Å². The molecule has 0 unspecified atom stereocenters. The summed E-state index contributed by atoms with van der Waals surface area (Å²) in [5.41, 5.74) is 2.13. The number of aromatic carboxylic acids is 1. The summed E-state index contributed by atoms with van der Waals surface area (Å²) < 4.78 is 0. The van der Waals surface area contributed by atoms with Crippen LogP contribution in [-0.2, 0) is 6.42 Å². The lowest BCUT2D eigenvalue weighted by Gasteiger charge is -2.09. The number of rotatable bonds is 4. The van der Waals surface area contributed by atoms with E-state index in [0.717, 1.165) is 0 Å². The normalized spacial score (nSPS) is 10.1. The van der Waals surface area contributed by atoms with E-state index >= 15 is 0 Å². The van der Waals surface area contributed by atoms with Crippen LogP contribution in [0, 0.1) is 0 Å². The smallest absolute Gasteiger partial charge is 0.335 e. The van der Waals surface area contributed by atoms with Gasteiger partial charge in [-0.15, -0.1) is 0 Å². The highest BCUT2D eigenvalue weighted by atomic mass is 16.4. The Kier molecular flexibility index (Phi) is 4.15. The first kappa shape index (κ1) is 13.8. The topological polar surface area (TPSA) is 66.4 Å². The van der Waals surface area contributed by atoms with E-state index in [1.54, 1.807) is 36.4 Å². The van der Waals surface area contributed by atoms with E-state index < -0.39 is 5.97 Å². The third kappa shape index (κ3) is 3.03. The van der Waals surface area contributed by atoms with Gasteiger partial charge in [-0.1, -0.05) is 25.1 Å². The van der Waals surface area contributed by atoms with Gasteiger partial charge >= 0.3 is 5.97 Å². The van der Waals surface area contributed by atoms with Crippen molar-refractivity contribution in [1.29, 1.82) is 0 Å². The molecule has 2 rings (SSSR count). The quantitative estimate of drug-likeness (QED) is 0.895. The van der Waals surface area contributed by atoms with Gasteiger partial charge in [0.05, 0.1) is 5.56 Å². The van der Waals surface area contributed by atoms with Crippen LogP contribution in [0.3, 0.4) is 0 Å². The SMILES string of the molecule is CCc1cc(NC(=O)c2ccccc2)ccc1C(=O)O. The maximum absolute atomic E-state index is 12.0. The molecule has 0 spiro atoms. The number of hydrogen-bond donors (Lipinski definition) is 2. The van der Waals surface area contributed by atoms with Crippen LogP contribution in [0.15, 0.2) is 48.5 Å². The van der Waals surface area contributed by atoms with Crippen molar-refractivity contribution in [3.8, 4) is 0 Å². The first-order chi connectivity index (χ1) is 9.61. The minimum atomic E-state index is -0.956. The first-order valence-electron chi connectivity index (χ1n) is 6.34. The van der Waals surface area contributed by atoms with E-state index in [4.69, 9.17) is 5.11 Å². The summed E-state index contributed by atoms with van der Waals surface area (Å²) in [5.74, 6) is -1.17. The van der Waals surface area contributed by atoms with Crippen LogP contribution in [0.1, 0.15) is 33.2 Å². The Morgan fingerprint density at radius 2 is 1.80 bits per heavy atom. The minimum absolute atomic E-state index is 0.212. The van der Waals surface area contributed by atoms with Crippen molar-refractivity contribution in [3.05, 3.63) is 65.2 Å². The van der Waals surface area contributed by atoms with Crippen LogP contribution >= 0.6 is 0 Å². The van der Waals surface area contributed by atoms with Crippen molar-refractivity contribution in [2.45, 2.75) is 13.3 Å². The number of carbonyl (C=O) groups excluding carboxylic acids is 1. The molecule has 0 aliphatic rings. The van der Waals surface area contributed by atoms with Gasteiger partial charge in [0, 0.05) is 11.3 Å². The van der Waals surface area contributed by atoms with Gasteiger partial charge in [0.15, 0.2) is 0 Å². The molecular formula is C16H15NO3. The first-order valence-corrected chi connectivity index (χ1v) is 6.34. The van der Waals surface area contributed by atoms with Crippen molar-refractivity contribution in [2.24, 2.45) is 0 Å². The van der Waals surface area contributed by atoms with Crippen molar-refractivity contribution < 1.29 is 14.7 Å². The fourth-order valence-electron chi connectivity index (χ4n) is 1.97. The van der Waals surface area contributed by atoms with Gasteiger partial charge in [-0.2, -0.15) is 0 Å². The number of carbonyl (C=O) groups is 2. The van der Waals surface area contributed by atoms with Gasteiger partial charge in [-0.25, -0.2) is 4.79 Å². The van der Waals surface area contributed by atoms with E-state index in [9.17, 15) is 9.59 Å². The van der Waals surface area contributed by atoms with E-state index in [1.165, 1.54) is 6.07 Å². The zero-order valence-electron chi connectivity index (χ0n) is 11.1. The molecule has 0 aliphatic heterocycles. The molecule has 0 bridgehead atoms. The van der Waals surface area contributed by atoms with Gasteiger partial charge in [0.25, 0.3) is 5.91 Å². The summed E-state index contributed by atoms with van der Waals surface area (Å²) >= 11 is 0. The van der Waals surface area contributed by atoms with E-state index in [-0.39, 0.29) is 11.5 Å². The second-order valence-electron chi connectivity index (χ2n) is 4.35. The fourth-order valence-corrected chi connectivity index (χ4v) is 1.97. The number of aryl methyl sites for hydroxylation is 1. The maximum atomic E-state index is 12.0. The number of anilines is 1. The highest BCUT2D eigenvalue weighted by Gasteiger charge is 2.11. The number of hydrogen-bond acceptors (Lipinski definition) is 2. The van der Waals surface area contributed by atoms with Crippen LogP contribution < -0.4 is 5.32 Å². The summed E-state index contributed by atoms with van der Waals surface area (Å²) in [6.07, 6.45) is 0.594. The molecule has 4 heteroatoms. The summed E-state index contributed by atoms with van der Waals surface area (Å²) in [5, 5.41) is 11.8. The maximum Gasteiger partial charge on any atom is 0.335 e. The number of benzene rings is 2. The average Bonchev–Trinajstić information content (AvgIpc) is 2.47. The molecule has 0 aromatic heterocycles. The third-order valence-electron chi connectivity index (χ3n) is 3.01. The third-order valence-corrected chi connectivity index (χ3v) is 3.01. The Morgan fingerprint density at radius 1 is 1.10 bits per heavy atom. The van der Waals surface area contributed by atoms with Crippen molar-refractivity contribution >= 4 is 17.6 Å². The lowest BCUT2D eigenvalue weighted by Crippen LogP contribution is -2.12. The predicted octanol–water partition coefficient (Wildman–Crippen LogP) is 3.20. The summed E-state index contributed by atoms with van der Waals surface area (Å²) in [6.45, 7) is 1.88. The largest absolute Gasteiger partial charge is 0.478 e. The summed E-state index contributed by atoms with van der Waals surface area (Å²) in [6, 6.07) is 13.7. The molecule has 0 saturated carbocycles. The summed E-state index contributed by atoms with van der Waals surface area (Å²) in [4.78, 5) is 23.1. The van der Waals surface area contributed by atoms with Crippen LogP contribution in [0.2, 0.25) is 0 Å².